The van der Waals surface area contributed by atoms with Gasteiger partial charge in [-0.2, -0.15) is 0 Å². The number of amides is 1. The Morgan fingerprint density at radius 1 is 1.07 bits per heavy atom. The maximum Gasteiger partial charge on any atom is 0.298 e. The molecule has 0 saturated heterocycles. The fourth-order valence-corrected chi connectivity index (χ4v) is 3.77. The quantitative estimate of drug-likeness (QED) is 0.770. The second kappa shape index (κ2) is 7.61. The lowest BCUT2D eigenvalue weighted by atomic mass is 10.3. The number of ether oxygens (including phenoxy) is 4. The smallest absolute Gasteiger partial charge is 0.298 e. The van der Waals surface area contributed by atoms with Gasteiger partial charge in [-0.1, -0.05) is 11.3 Å². The molecule has 27 heavy (non-hydrogen) atoms. The second-order valence-corrected chi connectivity index (χ2v) is 7.43. The van der Waals surface area contributed by atoms with Gasteiger partial charge in [0.25, 0.3) is 5.91 Å². The molecule has 1 amide bonds. The lowest BCUT2D eigenvalue weighted by Gasteiger charge is -2.24. The highest BCUT2D eigenvalue weighted by atomic mass is 32.1. The van der Waals surface area contributed by atoms with Crippen LogP contribution in [-0.4, -0.2) is 69.4 Å². The standard InChI is InChI=1S/C18H21N3O5S/c1-20(2)3-4-21(17(22)15-11-23-5-6-26-15)18-19-12-9-13-14(10-16(12)27-18)25-8-7-24-13/h9-11H,3-8H2,1-2H3. The van der Waals surface area contributed by atoms with E-state index in [1.54, 1.807) is 4.90 Å². The number of aromatic nitrogens is 1. The highest BCUT2D eigenvalue weighted by Crippen LogP contribution is 2.39. The van der Waals surface area contributed by atoms with Gasteiger partial charge in [0, 0.05) is 25.2 Å². The van der Waals surface area contributed by atoms with Crippen LogP contribution >= 0.6 is 11.3 Å². The Bertz CT molecular complexity index is 836. The van der Waals surface area contributed by atoms with Crippen molar-refractivity contribution in [1.82, 2.24) is 9.88 Å². The molecular formula is C18H21N3O5S. The summed E-state index contributed by atoms with van der Waals surface area (Å²) in [6, 6.07) is 3.77. The first kappa shape index (κ1) is 17.9. The fourth-order valence-electron chi connectivity index (χ4n) is 2.77. The van der Waals surface area contributed by atoms with Crippen LogP contribution in [0.5, 0.6) is 11.5 Å². The summed E-state index contributed by atoms with van der Waals surface area (Å²) in [4.78, 5) is 21.3. The molecule has 4 rings (SSSR count). The summed E-state index contributed by atoms with van der Waals surface area (Å²) in [6.45, 7) is 3.04. The number of likely N-dealkylation sites (N-methyl/N-ethyl adjacent to an activating group) is 1. The number of hydrogen-bond acceptors (Lipinski definition) is 8. The van der Waals surface area contributed by atoms with Crippen LogP contribution in [0.4, 0.5) is 5.13 Å². The van der Waals surface area contributed by atoms with Gasteiger partial charge in [0.2, 0.25) is 5.76 Å². The van der Waals surface area contributed by atoms with E-state index in [0.717, 1.165) is 10.2 Å². The predicted molar refractivity (Wildman–Crippen MR) is 102 cm³/mol. The Morgan fingerprint density at radius 2 is 1.81 bits per heavy atom. The minimum Gasteiger partial charge on any atom is -0.494 e. The molecule has 0 atom stereocenters. The van der Waals surface area contributed by atoms with E-state index in [0.29, 0.717) is 56.1 Å². The predicted octanol–water partition coefficient (Wildman–Crippen LogP) is 1.85. The topological polar surface area (TPSA) is 73.4 Å². The van der Waals surface area contributed by atoms with Crippen molar-refractivity contribution in [2.24, 2.45) is 0 Å². The van der Waals surface area contributed by atoms with E-state index in [4.69, 9.17) is 18.9 Å². The number of carbonyl (C=O) groups excluding carboxylic acids is 1. The molecule has 0 radical (unpaired) electrons. The maximum absolute atomic E-state index is 13.0. The van der Waals surface area contributed by atoms with Gasteiger partial charge in [0.1, 0.15) is 32.7 Å². The van der Waals surface area contributed by atoms with E-state index in [-0.39, 0.29) is 11.7 Å². The molecule has 144 valence electrons. The molecular weight excluding hydrogens is 370 g/mol. The summed E-state index contributed by atoms with van der Waals surface area (Å²) in [5.74, 6) is 1.34. The summed E-state index contributed by atoms with van der Waals surface area (Å²) in [5.41, 5.74) is 0.775. The first-order chi connectivity index (χ1) is 13.1. The number of nitrogens with zero attached hydrogens (tertiary/aromatic N) is 3. The van der Waals surface area contributed by atoms with Gasteiger partial charge >= 0.3 is 0 Å². The first-order valence-electron chi connectivity index (χ1n) is 8.73. The summed E-state index contributed by atoms with van der Waals surface area (Å²) in [6.07, 6.45) is 1.38. The first-order valence-corrected chi connectivity index (χ1v) is 9.55. The van der Waals surface area contributed by atoms with Crippen molar-refractivity contribution in [3.63, 3.8) is 0 Å². The summed E-state index contributed by atoms with van der Waals surface area (Å²) >= 11 is 1.44. The monoisotopic (exact) mass is 391 g/mol. The molecule has 1 aromatic carbocycles. The zero-order valence-corrected chi connectivity index (χ0v) is 16.1. The van der Waals surface area contributed by atoms with Gasteiger partial charge < -0.3 is 23.8 Å². The summed E-state index contributed by atoms with van der Waals surface area (Å²) < 4.78 is 22.9. The maximum atomic E-state index is 13.0. The zero-order chi connectivity index (χ0) is 18.8. The molecule has 9 heteroatoms. The number of anilines is 1. The number of carbonyl (C=O) groups is 1. The summed E-state index contributed by atoms with van der Waals surface area (Å²) in [7, 11) is 3.92. The van der Waals surface area contributed by atoms with Gasteiger partial charge in [-0.3, -0.25) is 9.69 Å². The molecule has 0 bridgehead atoms. The van der Waals surface area contributed by atoms with Crippen molar-refractivity contribution in [2.45, 2.75) is 0 Å². The third-order valence-corrected chi connectivity index (χ3v) is 5.19. The van der Waals surface area contributed by atoms with Gasteiger partial charge in [0.05, 0.1) is 10.2 Å². The lowest BCUT2D eigenvalue weighted by molar-refractivity contribution is -0.119. The van der Waals surface area contributed by atoms with Crippen molar-refractivity contribution in [1.29, 1.82) is 0 Å². The third kappa shape index (κ3) is 3.79. The molecule has 8 nitrogen and oxygen atoms in total. The molecule has 0 aliphatic carbocycles. The Hall–Kier alpha value is -2.52. The van der Waals surface area contributed by atoms with E-state index in [9.17, 15) is 4.79 Å². The Morgan fingerprint density at radius 3 is 2.52 bits per heavy atom. The van der Waals surface area contributed by atoms with Crippen LogP contribution in [0.3, 0.4) is 0 Å². The number of fused-ring (bicyclic) bond motifs is 2. The Balaban J connectivity index is 1.67. The molecule has 0 unspecified atom stereocenters. The van der Waals surface area contributed by atoms with Gasteiger partial charge in [0.15, 0.2) is 16.6 Å². The van der Waals surface area contributed by atoms with Crippen LogP contribution in [-0.2, 0) is 14.3 Å². The van der Waals surface area contributed by atoms with Crippen molar-refractivity contribution < 1.29 is 23.7 Å². The minimum absolute atomic E-state index is 0.199. The lowest BCUT2D eigenvalue weighted by Crippen LogP contribution is -2.38. The van der Waals surface area contributed by atoms with E-state index in [1.165, 1.54) is 17.6 Å². The van der Waals surface area contributed by atoms with E-state index in [2.05, 4.69) is 4.98 Å². The second-order valence-electron chi connectivity index (χ2n) is 6.42. The Labute approximate surface area is 160 Å². The average molecular weight is 391 g/mol. The highest BCUT2D eigenvalue weighted by molar-refractivity contribution is 7.22. The van der Waals surface area contributed by atoms with Gasteiger partial charge in [-0.15, -0.1) is 0 Å². The molecule has 0 N–H and O–H groups in total. The van der Waals surface area contributed by atoms with Crippen LogP contribution in [0.15, 0.2) is 24.2 Å². The molecule has 2 aromatic rings. The molecule has 0 saturated carbocycles. The van der Waals surface area contributed by atoms with Crippen molar-refractivity contribution in [3.8, 4) is 11.5 Å². The van der Waals surface area contributed by atoms with E-state index in [1.807, 2.05) is 31.1 Å². The van der Waals surface area contributed by atoms with Crippen LogP contribution in [0.1, 0.15) is 0 Å². The number of hydrogen-bond donors (Lipinski definition) is 0. The van der Waals surface area contributed by atoms with E-state index < -0.39 is 0 Å². The SMILES string of the molecule is CN(C)CCN(C(=O)C1=COCCO1)c1nc2cc3c(cc2s1)OCCO3. The normalized spacial score (nSPS) is 15.9. The van der Waals surface area contributed by atoms with Crippen molar-refractivity contribution in [2.75, 3.05) is 58.5 Å². The third-order valence-electron chi connectivity index (χ3n) is 4.15. The molecule has 0 spiro atoms. The minimum atomic E-state index is -0.257. The van der Waals surface area contributed by atoms with Crippen LogP contribution in [0, 0.1) is 0 Å². The molecule has 2 aliphatic heterocycles. The number of thiazole rings is 1. The van der Waals surface area contributed by atoms with Gasteiger partial charge in [-0.05, 0) is 14.1 Å². The number of benzene rings is 1. The molecule has 1 aromatic heterocycles. The van der Waals surface area contributed by atoms with Crippen molar-refractivity contribution >= 4 is 32.6 Å². The van der Waals surface area contributed by atoms with Gasteiger partial charge in [-0.25, -0.2) is 4.98 Å². The van der Waals surface area contributed by atoms with Crippen LogP contribution in [0.25, 0.3) is 10.2 Å². The highest BCUT2D eigenvalue weighted by Gasteiger charge is 2.27. The Kier molecular flexibility index (Phi) is 5.04. The molecule has 2 aliphatic rings. The van der Waals surface area contributed by atoms with Crippen LogP contribution in [0.2, 0.25) is 0 Å². The average Bonchev–Trinajstić information content (AvgIpc) is 3.09. The van der Waals surface area contributed by atoms with E-state index >= 15 is 0 Å². The molecule has 0 fully saturated rings. The number of rotatable bonds is 5. The largest absolute Gasteiger partial charge is 0.494 e. The van der Waals surface area contributed by atoms with Crippen LogP contribution < -0.4 is 14.4 Å². The zero-order valence-electron chi connectivity index (χ0n) is 15.3. The summed E-state index contributed by atoms with van der Waals surface area (Å²) in [5, 5.41) is 0.606. The molecule has 3 heterocycles. The van der Waals surface area contributed by atoms with Crippen molar-refractivity contribution in [3.05, 3.63) is 24.2 Å². The fraction of sp³-hybridized carbons (Fsp3) is 0.444.